The SMILES string of the molecule is N#Cc1ccc(OCC(=O)Nc2cccc(S(=O)(=O)Nc3ccc(Br)cc3)c2)cc1. The van der Waals surface area contributed by atoms with E-state index < -0.39 is 15.9 Å². The van der Waals surface area contributed by atoms with Crippen molar-refractivity contribution in [1.82, 2.24) is 0 Å². The van der Waals surface area contributed by atoms with E-state index in [1.54, 1.807) is 54.6 Å². The summed E-state index contributed by atoms with van der Waals surface area (Å²) in [6.07, 6.45) is 0. The Labute approximate surface area is 182 Å². The maximum absolute atomic E-state index is 12.6. The van der Waals surface area contributed by atoms with E-state index in [4.69, 9.17) is 10.00 Å². The molecule has 2 N–H and O–H groups in total. The molecule has 0 saturated carbocycles. The monoisotopic (exact) mass is 485 g/mol. The van der Waals surface area contributed by atoms with Gasteiger partial charge in [0, 0.05) is 15.8 Å². The predicted molar refractivity (Wildman–Crippen MR) is 117 cm³/mol. The van der Waals surface area contributed by atoms with Crippen molar-refractivity contribution in [3.8, 4) is 11.8 Å². The number of anilines is 2. The van der Waals surface area contributed by atoms with Crippen LogP contribution in [-0.2, 0) is 14.8 Å². The number of carbonyl (C=O) groups excluding carboxylic acids is 1. The Morgan fingerprint density at radius 3 is 2.37 bits per heavy atom. The third-order valence-electron chi connectivity index (χ3n) is 3.88. The van der Waals surface area contributed by atoms with Gasteiger partial charge in [-0.15, -0.1) is 0 Å². The second kappa shape index (κ2) is 9.43. The predicted octanol–water partition coefficient (Wildman–Crippen LogP) is 4.14. The smallest absolute Gasteiger partial charge is 0.262 e. The van der Waals surface area contributed by atoms with E-state index in [-0.39, 0.29) is 11.5 Å². The Morgan fingerprint density at radius 2 is 1.70 bits per heavy atom. The zero-order valence-corrected chi connectivity index (χ0v) is 17.9. The fourth-order valence-electron chi connectivity index (χ4n) is 2.44. The number of sulfonamides is 1. The molecular formula is C21H16BrN3O4S. The molecule has 152 valence electrons. The van der Waals surface area contributed by atoms with Gasteiger partial charge >= 0.3 is 0 Å². The van der Waals surface area contributed by atoms with Crippen LogP contribution in [0.1, 0.15) is 5.56 Å². The highest BCUT2D eigenvalue weighted by atomic mass is 79.9. The highest BCUT2D eigenvalue weighted by Crippen LogP contribution is 2.21. The first-order valence-electron chi connectivity index (χ1n) is 8.67. The number of rotatable bonds is 7. The maximum Gasteiger partial charge on any atom is 0.262 e. The van der Waals surface area contributed by atoms with Crippen LogP contribution < -0.4 is 14.8 Å². The average molecular weight is 486 g/mol. The van der Waals surface area contributed by atoms with E-state index in [2.05, 4.69) is 26.0 Å². The van der Waals surface area contributed by atoms with Crippen molar-refractivity contribution in [3.63, 3.8) is 0 Å². The van der Waals surface area contributed by atoms with Gasteiger partial charge in [-0.05, 0) is 66.7 Å². The molecule has 3 aromatic carbocycles. The summed E-state index contributed by atoms with van der Waals surface area (Å²) in [5, 5.41) is 11.4. The molecule has 30 heavy (non-hydrogen) atoms. The summed E-state index contributed by atoms with van der Waals surface area (Å²) in [5.41, 5.74) is 1.23. The Hall–Kier alpha value is -3.35. The largest absolute Gasteiger partial charge is 0.484 e. The molecule has 0 aromatic heterocycles. The zero-order chi connectivity index (χ0) is 21.6. The van der Waals surface area contributed by atoms with Gasteiger partial charge in [-0.2, -0.15) is 5.26 Å². The molecule has 9 heteroatoms. The molecule has 0 spiro atoms. The Bertz CT molecular complexity index is 1190. The van der Waals surface area contributed by atoms with Crippen LogP contribution in [0.3, 0.4) is 0 Å². The quantitative estimate of drug-likeness (QED) is 0.522. The van der Waals surface area contributed by atoms with Gasteiger partial charge in [-0.3, -0.25) is 9.52 Å². The lowest BCUT2D eigenvalue weighted by molar-refractivity contribution is -0.118. The average Bonchev–Trinajstić information content (AvgIpc) is 2.74. The van der Waals surface area contributed by atoms with Crippen molar-refractivity contribution in [3.05, 3.63) is 82.8 Å². The molecule has 0 atom stereocenters. The topological polar surface area (TPSA) is 108 Å². The third-order valence-corrected chi connectivity index (χ3v) is 5.79. The van der Waals surface area contributed by atoms with Gasteiger partial charge in [0.1, 0.15) is 5.75 Å². The summed E-state index contributed by atoms with van der Waals surface area (Å²) in [7, 11) is -3.82. The minimum Gasteiger partial charge on any atom is -0.484 e. The molecule has 7 nitrogen and oxygen atoms in total. The van der Waals surface area contributed by atoms with E-state index in [1.165, 1.54) is 18.2 Å². The summed E-state index contributed by atoms with van der Waals surface area (Å²) in [4.78, 5) is 12.1. The Balaban J connectivity index is 1.63. The summed E-state index contributed by atoms with van der Waals surface area (Å²) in [6.45, 7) is -0.264. The number of carbonyl (C=O) groups is 1. The lowest BCUT2D eigenvalue weighted by Crippen LogP contribution is -2.20. The number of nitrogens with one attached hydrogen (secondary N) is 2. The van der Waals surface area contributed by atoms with Gasteiger partial charge in [0.05, 0.1) is 16.5 Å². The molecule has 1 amide bonds. The molecule has 0 aliphatic rings. The van der Waals surface area contributed by atoms with E-state index in [9.17, 15) is 13.2 Å². The van der Waals surface area contributed by atoms with Gasteiger partial charge in [0.25, 0.3) is 15.9 Å². The van der Waals surface area contributed by atoms with E-state index >= 15 is 0 Å². The number of nitriles is 1. The van der Waals surface area contributed by atoms with Crippen LogP contribution in [0.2, 0.25) is 0 Å². The van der Waals surface area contributed by atoms with Crippen LogP contribution in [0, 0.1) is 11.3 Å². The van der Waals surface area contributed by atoms with Crippen LogP contribution >= 0.6 is 15.9 Å². The van der Waals surface area contributed by atoms with Gasteiger partial charge in [-0.1, -0.05) is 22.0 Å². The Morgan fingerprint density at radius 1 is 1.00 bits per heavy atom. The zero-order valence-electron chi connectivity index (χ0n) is 15.5. The first kappa shape index (κ1) is 21.4. The number of hydrogen-bond donors (Lipinski definition) is 2. The third kappa shape index (κ3) is 5.83. The number of nitrogens with zero attached hydrogens (tertiary/aromatic N) is 1. The lowest BCUT2D eigenvalue weighted by atomic mass is 10.2. The minimum absolute atomic E-state index is 0.0104. The minimum atomic E-state index is -3.82. The summed E-state index contributed by atoms with van der Waals surface area (Å²) < 4.78 is 33.9. The lowest BCUT2D eigenvalue weighted by Gasteiger charge is -2.11. The Kier molecular flexibility index (Phi) is 6.72. The first-order chi connectivity index (χ1) is 14.4. The fourth-order valence-corrected chi connectivity index (χ4v) is 3.81. The van der Waals surface area contributed by atoms with Crippen molar-refractivity contribution in [2.24, 2.45) is 0 Å². The summed E-state index contributed by atoms with van der Waals surface area (Å²) in [5.74, 6) is -0.00560. The van der Waals surface area contributed by atoms with Crippen LogP contribution in [-0.4, -0.2) is 20.9 Å². The van der Waals surface area contributed by atoms with Crippen molar-refractivity contribution in [2.75, 3.05) is 16.6 Å². The molecule has 0 fully saturated rings. The maximum atomic E-state index is 12.6. The molecule has 0 aliphatic heterocycles. The van der Waals surface area contributed by atoms with Crippen LogP contribution in [0.4, 0.5) is 11.4 Å². The van der Waals surface area contributed by atoms with Crippen molar-refractivity contribution in [1.29, 1.82) is 5.26 Å². The molecule has 0 bridgehead atoms. The highest BCUT2D eigenvalue weighted by Gasteiger charge is 2.15. The van der Waals surface area contributed by atoms with E-state index in [0.29, 0.717) is 22.7 Å². The number of halogens is 1. The standard InChI is InChI=1S/C21H16BrN3O4S/c22-16-6-8-17(9-7-16)25-30(27,28)20-3-1-2-18(12-20)24-21(26)14-29-19-10-4-15(13-23)5-11-19/h1-12,25H,14H2,(H,24,26). The van der Waals surface area contributed by atoms with E-state index in [0.717, 1.165) is 4.47 Å². The van der Waals surface area contributed by atoms with Gasteiger partial charge in [0.15, 0.2) is 6.61 Å². The van der Waals surface area contributed by atoms with Crippen LogP contribution in [0.25, 0.3) is 0 Å². The molecule has 3 aromatic rings. The molecule has 0 aliphatic carbocycles. The van der Waals surface area contributed by atoms with E-state index in [1.807, 2.05) is 6.07 Å². The normalized spacial score (nSPS) is 10.7. The number of ether oxygens (including phenoxy) is 1. The number of amides is 1. The molecular weight excluding hydrogens is 470 g/mol. The van der Waals surface area contributed by atoms with Gasteiger partial charge < -0.3 is 10.1 Å². The van der Waals surface area contributed by atoms with Crippen molar-refractivity contribution < 1.29 is 17.9 Å². The molecule has 0 saturated heterocycles. The fraction of sp³-hybridized carbons (Fsp3) is 0.0476. The summed E-state index contributed by atoms with van der Waals surface area (Å²) in [6, 6.07) is 21.0. The number of hydrogen-bond acceptors (Lipinski definition) is 5. The molecule has 0 radical (unpaired) electrons. The van der Waals surface area contributed by atoms with Crippen molar-refractivity contribution in [2.45, 2.75) is 4.90 Å². The number of benzene rings is 3. The van der Waals surface area contributed by atoms with Gasteiger partial charge in [-0.25, -0.2) is 8.42 Å². The van der Waals surface area contributed by atoms with Gasteiger partial charge in [0.2, 0.25) is 0 Å². The molecule has 0 heterocycles. The second-order valence-electron chi connectivity index (χ2n) is 6.11. The van der Waals surface area contributed by atoms with Crippen LogP contribution in [0.5, 0.6) is 5.75 Å². The van der Waals surface area contributed by atoms with Crippen LogP contribution in [0.15, 0.2) is 82.2 Å². The first-order valence-corrected chi connectivity index (χ1v) is 10.9. The molecule has 3 rings (SSSR count). The molecule has 0 unspecified atom stereocenters. The highest BCUT2D eigenvalue weighted by molar-refractivity contribution is 9.10. The second-order valence-corrected chi connectivity index (χ2v) is 8.71. The summed E-state index contributed by atoms with van der Waals surface area (Å²) >= 11 is 3.30. The van der Waals surface area contributed by atoms with Crippen molar-refractivity contribution >= 4 is 43.2 Å².